The van der Waals surface area contributed by atoms with Crippen LogP contribution in [-0.2, 0) is 11.2 Å². The summed E-state index contributed by atoms with van der Waals surface area (Å²) < 4.78 is 0. The Labute approximate surface area is 99.4 Å². The van der Waals surface area contributed by atoms with Crippen molar-refractivity contribution in [3.8, 4) is 0 Å². The number of amides is 1. The number of nitrogens with one attached hydrogen (secondary N) is 1. The van der Waals surface area contributed by atoms with Crippen molar-refractivity contribution >= 4 is 17.5 Å². The molecule has 4 heteroatoms. The van der Waals surface area contributed by atoms with Crippen LogP contribution in [0.2, 0.25) is 5.02 Å². The number of carbonyl (C=O) groups is 1. The van der Waals surface area contributed by atoms with Crippen molar-refractivity contribution in [1.29, 1.82) is 0 Å². The summed E-state index contributed by atoms with van der Waals surface area (Å²) >= 11 is 6.02. The van der Waals surface area contributed by atoms with Crippen LogP contribution in [0.25, 0.3) is 0 Å². The molecular weight excluding hydrogens is 224 g/mol. The first-order chi connectivity index (χ1) is 7.75. The zero-order chi connectivity index (χ0) is 11.1. The standard InChI is InChI=1S/C12H13ClN2O/c13-9-2-1-8-3-4-15-11(10(8)5-9)6-14-7-12(15)16/h1-2,5,11,14H,3-4,6-7H2. The summed E-state index contributed by atoms with van der Waals surface area (Å²) in [4.78, 5) is 13.7. The monoisotopic (exact) mass is 236 g/mol. The van der Waals surface area contributed by atoms with E-state index in [0.29, 0.717) is 6.54 Å². The molecule has 1 unspecified atom stereocenters. The van der Waals surface area contributed by atoms with Crippen molar-refractivity contribution < 1.29 is 4.79 Å². The Bertz CT molecular complexity index is 447. The smallest absolute Gasteiger partial charge is 0.237 e. The van der Waals surface area contributed by atoms with Gasteiger partial charge in [-0.3, -0.25) is 4.79 Å². The van der Waals surface area contributed by atoms with Crippen LogP contribution in [0.1, 0.15) is 17.2 Å². The quantitative estimate of drug-likeness (QED) is 0.738. The fraction of sp³-hybridized carbons (Fsp3) is 0.417. The lowest BCUT2D eigenvalue weighted by Crippen LogP contribution is -2.52. The topological polar surface area (TPSA) is 32.3 Å². The van der Waals surface area contributed by atoms with Gasteiger partial charge in [-0.25, -0.2) is 0 Å². The summed E-state index contributed by atoms with van der Waals surface area (Å²) in [6, 6.07) is 6.17. The van der Waals surface area contributed by atoms with Crippen LogP contribution >= 0.6 is 11.6 Å². The first kappa shape index (κ1) is 10.1. The van der Waals surface area contributed by atoms with Crippen LogP contribution in [0.3, 0.4) is 0 Å². The fourth-order valence-corrected chi connectivity index (χ4v) is 2.78. The maximum Gasteiger partial charge on any atom is 0.237 e. The number of hydrogen-bond acceptors (Lipinski definition) is 2. The van der Waals surface area contributed by atoms with Gasteiger partial charge in [0.1, 0.15) is 0 Å². The SMILES string of the molecule is O=C1CNCC2c3cc(Cl)ccc3CCN12. The number of nitrogens with zero attached hydrogens (tertiary/aromatic N) is 1. The highest BCUT2D eigenvalue weighted by atomic mass is 35.5. The lowest BCUT2D eigenvalue weighted by Gasteiger charge is -2.40. The van der Waals surface area contributed by atoms with E-state index < -0.39 is 0 Å². The summed E-state index contributed by atoms with van der Waals surface area (Å²) in [6.45, 7) is 2.13. The Morgan fingerprint density at radius 3 is 3.19 bits per heavy atom. The second-order valence-electron chi connectivity index (χ2n) is 4.33. The first-order valence-corrected chi connectivity index (χ1v) is 5.92. The summed E-state index contributed by atoms with van der Waals surface area (Å²) in [5.74, 6) is 0.196. The number of hydrogen-bond donors (Lipinski definition) is 1. The number of carbonyl (C=O) groups excluding carboxylic acids is 1. The van der Waals surface area contributed by atoms with Gasteiger partial charge in [0, 0.05) is 18.1 Å². The third-order valence-corrected chi connectivity index (χ3v) is 3.63. The summed E-state index contributed by atoms with van der Waals surface area (Å²) in [5, 5.41) is 3.91. The minimum Gasteiger partial charge on any atom is -0.333 e. The van der Waals surface area contributed by atoms with Gasteiger partial charge in [-0.05, 0) is 29.7 Å². The first-order valence-electron chi connectivity index (χ1n) is 5.54. The highest BCUT2D eigenvalue weighted by Gasteiger charge is 2.33. The Kier molecular flexibility index (Phi) is 2.37. The van der Waals surface area contributed by atoms with E-state index in [1.165, 1.54) is 11.1 Å². The molecule has 2 aliphatic rings. The molecule has 1 amide bonds. The molecule has 3 rings (SSSR count). The van der Waals surface area contributed by atoms with Crippen LogP contribution in [-0.4, -0.2) is 30.4 Å². The molecule has 0 saturated carbocycles. The average molecular weight is 237 g/mol. The molecule has 1 saturated heterocycles. The molecule has 2 heterocycles. The number of rotatable bonds is 0. The second-order valence-corrected chi connectivity index (χ2v) is 4.76. The van der Waals surface area contributed by atoms with Gasteiger partial charge in [0.05, 0.1) is 12.6 Å². The Morgan fingerprint density at radius 1 is 1.44 bits per heavy atom. The van der Waals surface area contributed by atoms with Crippen LogP contribution < -0.4 is 5.32 Å². The van der Waals surface area contributed by atoms with Crippen LogP contribution in [0.4, 0.5) is 0 Å². The second kappa shape index (κ2) is 3.75. The zero-order valence-electron chi connectivity index (χ0n) is 8.87. The fourth-order valence-electron chi connectivity index (χ4n) is 2.60. The van der Waals surface area contributed by atoms with Crippen molar-refractivity contribution in [2.45, 2.75) is 12.5 Å². The molecule has 0 radical (unpaired) electrons. The van der Waals surface area contributed by atoms with Gasteiger partial charge in [-0.2, -0.15) is 0 Å². The normalized spacial score (nSPS) is 23.9. The molecule has 16 heavy (non-hydrogen) atoms. The van der Waals surface area contributed by atoms with Gasteiger partial charge < -0.3 is 10.2 Å². The lowest BCUT2D eigenvalue weighted by molar-refractivity contribution is -0.135. The zero-order valence-corrected chi connectivity index (χ0v) is 9.63. The number of benzene rings is 1. The van der Waals surface area contributed by atoms with E-state index in [2.05, 4.69) is 11.4 Å². The Morgan fingerprint density at radius 2 is 2.31 bits per heavy atom. The molecule has 1 N–H and O–H groups in total. The minimum atomic E-state index is 0.170. The van der Waals surface area contributed by atoms with Crippen molar-refractivity contribution in [3.05, 3.63) is 34.3 Å². The molecule has 1 aromatic carbocycles. The minimum absolute atomic E-state index is 0.170. The van der Waals surface area contributed by atoms with Crippen molar-refractivity contribution in [1.82, 2.24) is 10.2 Å². The molecule has 0 bridgehead atoms. The van der Waals surface area contributed by atoms with E-state index in [-0.39, 0.29) is 11.9 Å². The highest BCUT2D eigenvalue weighted by molar-refractivity contribution is 6.30. The highest BCUT2D eigenvalue weighted by Crippen LogP contribution is 2.32. The molecule has 0 spiro atoms. The third kappa shape index (κ3) is 1.51. The van der Waals surface area contributed by atoms with E-state index in [4.69, 9.17) is 11.6 Å². The van der Waals surface area contributed by atoms with E-state index in [1.807, 2.05) is 17.0 Å². The molecule has 1 fully saturated rings. The van der Waals surface area contributed by atoms with Crippen LogP contribution in [0, 0.1) is 0 Å². The maximum atomic E-state index is 11.8. The van der Waals surface area contributed by atoms with Gasteiger partial charge >= 0.3 is 0 Å². The van der Waals surface area contributed by atoms with Gasteiger partial charge in [0.15, 0.2) is 0 Å². The summed E-state index contributed by atoms with van der Waals surface area (Å²) in [5.41, 5.74) is 2.53. The van der Waals surface area contributed by atoms with E-state index in [0.717, 1.165) is 24.5 Å². The molecule has 1 atom stereocenters. The third-order valence-electron chi connectivity index (χ3n) is 3.40. The molecule has 0 aromatic heterocycles. The predicted molar refractivity (Wildman–Crippen MR) is 62.5 cm³/mol. The van der Waals surface area contributed by atoms with Crippen LogP contribution in [0.5, 0.6) is 0 Å². The molecule has 2 aliphatic heterocycles. The van der Waals surface area contributed by atoms with Gasteiger partial charge in [-0.1, -0.05) is 17.7 Å². The van der Waals surface area contributed by atoms with Crippen LogP contribution in [0.15, 0.2) is 18.2 Å². The molecule has 84 valence electrons. The lowest BCUT2D eigenvalue weighted by atomic mass is 9.91. The Balaban J connectivity index is 2.04. The molecule has 0 aliphatic carbocycles. The van der Waals surface area contributed by atoms with Crippen molar-refractivity contribution in [3.63, 3.8) is 0 Å². The largest absolute Gasteiger partial charge is 0.333 e. The maximum absolute atomic E-state index is 11.8. The number of halogens is 1. The van der Waals surface area contributed by atoms with Gasteiger partial charge in [0.2, 0.25) is 5.91 Å². The summed E-state index contributed by atoms with van der Waals surface area (Å²) in [6.07, 6.45) is 0.939. The Hall–Kier alpha value is -1.06. The summed E-state index contributed by atoms with van der Waals surface area (Å²) in [7, 11) is 0. The molecule has 1 aromatic rings. The van der Waals surface area contributed by atoms with Gasteiger partial charge in [-0.15, -0.1) is 0 Å². The molecule has 3 nitrogen and oxygen atoms in total. The van der Waals surface area contributed by atoms with Crippen molar-refractivity contribution in [2.24, 2.45) is 0 Å². The van der Waals surface area contributed by atoms with E-state index >= 15 is 0 Å². The van der Waals surface area contributed by atoms with Gasteiger partial charge in [0.25, 0.3) is 0 Å². The predicted octanol–water partition coefficient (Wildman–Crippen LogP) is 1.37. The number of piperazine rings is 1. The average Bonchev–Trinajstić information content (AvgIpc) is 2.29. The van der Waals surface area contributed by atoms with E-state index in [9.17, 15) is 4.79 Å². The number of fused-ring (bicyclic) bond motifs is 3. The van der Waals surface area contributed by atoms with Crippen molar-refractivity contribution in [2.75, 3.05) is 19.6 Å². The molecular formula is C12H13ClN2O. The van der Waals surface area contributed by atoms with E-state index in [1.54, 1.807) is 0 Å².